The number of rotatable bonds is 1. The normalized spacial score (nSPS) is 25.3. The van der Waals surface area contributed by atoms with Crippen LogP contribution in [0.3, 0.4) is 0 Å². The van der Waals surface area contributed by atoms with Gasteiger partial charge in [-0.1, -0.05) is 0 Å². The fraction of sp³-hybridized carbons (Fsp3) is 0.714. The highest BCUT2D eigenvalue weighted by Crippen LogP contribution is 2.15. The zero-order valence-electron chi connectivity index (χ0n) is 5.89. The van der Waals surface area contributed by atoms with Crippen molar-refractivity contribution in [2.75, 3.05) is 13.1 Å². The summed E-state index contributed by atoms with van der Waals surface area (Å²) in [7, 11) is 0. The van der Waals surface area contributed by atoms with Crippen LogP contribution in [-0.2, 0) is 4.79 Å². The number of nitrogens with two attached hydrogens (primary N) is 1. The van der Waals surface area contributed by atoms with Crippen LogP contribution in [-0.4, -0.2) is 19.0 Å². The molecule has 3 nitrogen and oxygen atoms in total. The van der Waals surface area contributed by atoms with Crippen molar-refractivity contribution in [1.82, 2.24) is 5.32 Å². The molecule has 10 heavy (non-hydrogen) atoms. The van der Waals surface area contributed by atoms with Crippen LogP contribution in [0.1, 0.15) is 12.8 Å². The minimum absolute atomic E-state index is 0.228. The molecule has 1 heterocycles. The summed E-state index contributed by atoms with van der Waals surface area (Å²) in [4.78, 5) is 10.2. The molecule has 0 aromatic carbocycles. The summed E-state index contributed by atoms with van der Waals surface area (Å²) in [5.41, 5.74) is 6.09. The Morgan fingerprint density at radius 2 is 2.60 bits per heavy atom. The van der Waals surface area contributed by atoms with Gasteiger partial charge >= 0.3 is 0 Å². The number of hydrogen-bond acceptors (Lipinski definition) is 3. The third kappa shape index (κ3) is 1.38. The fourth-order valence-electron chi connectivity index (χ4n) is 1.22. The molecule has 1 atom stereocenters. The minimum atomic E-state index is 0.228. The van der Waals surface area contributed by atoms with Crippen LogP contribution >= 0.6 is 0 Å². The van der Waals surface area contributed by atoms with E-state index in [-0.39, 0.29) is 5.92 Å². The lowest BCUT2D eigenvalue weighted by Gasteiger charge is -2.22. The van der Waals surface area contributed by atoms with E-state index >= 15 is 0 Å². The summed E-state index contributed by atoms with van der Waals surface area (Å²) in [5, 5.41) is 2.98. The van der Waals surface area contributed by atoms with Gasteiger partial charge in [-0.3, -0.25) is 0 Å². The van der Waals surface area contributed by atoms with E-state index in [0.29, 0.717) is 12.2 Å². The third-order valence-corrected chi connectivity index (χ3v) is 1.85. The highest BCUT2D eigenvalue weighted by molar-refractivity contribution is 5.52. The average Bonchev–Trinajstić information content (AvgIpc) is 2.04. The van der Waals surface area contributed by atoms with Gasteiger partial charge in [-0.15, -0.1) is 0 Å². The molecule has 0 bridgehead atoms. The predicted molar refractivity (Wildman–Crippen MR) is 39.0 cm³/mol. The van der Waals surface area contributed by atoms with Crippen molar-refractivity contribution in [3.05, 3.63) is 5.70 Å². The van der Waals surface area contributed by atoms with Crippen LogP contribution in [0.5, 0.6) is 0 Å². The van der Waals surface area contributed by atoms with Gasteiger partial charge in [0, 0.05) is 19.0 Å². The largest absolute Gasteiger partial charge is 0.379 e. The van der Waals surface area contributed by atoms with Crippen molar-refractivity contribution in [3.8, 4) is 0 Å². The summed E-state index contributed by atoms with van der Waals surface area (Å²) in [5.74, 6) is 2.11. The van der Waals surface area contributed by atoms with Gasteiger partial charge in [-0.25, -0.2) is 4.79 Å². The number of carbonyl (C=O) groups excluding carboxylic acids is 1. The van der Waals surface area contributed by atoms with E-state index < -0.39 is 0 Å². The predicted octanol–water partition coefficient (Wildman–Crippen LogP) is -0.340. The fourth-order valence-corrected chi connectivity index (χ4v) is 1.22. The monoisotopic (exact) mass is 140 g/mol. The number of piperidine rings is 1. The molecule has 1 unspecified atom stereocenters. The maximum absolute atomic E-state index is 10.2. The molecule has 0 saturated carbocycles. The standard InChI is InChI=1S/C7H12N2O/c8-4-6-2-1-3-9-7(6)5-10/h6,9H,1-4,8H2. The Bertz CT molecular complexity index is 161. The molecule has 56 valence electrons. The van der Waals surface area contributed by atoms with Gasteiger partial charge in [0.2, 0.25) is 0 Å². The number of hydrogen-bond donors (Lipinski definition) is 2. The molecule has 3 heteroatoms. The van der Waals surface area contributed by atoms with Gasteiger partial charge in [0.05, 0.1) is 0 Å². The van der Waals surface area contributed by atoms with Crippen molar-refractivity contribution in [2.24, 2.45) is 11.7 Å². The second-order valence-electron chi connectivity index (χ2n) is 2.52. The maximum Gasteiger partial charge on any atom is 0.145 e. The highest BCUT2D eigenvalue weighted by atomic mass is 16.1. The lowest BCUT2D eigenvalue weighted by atomic mass is 9.97. The van der Waals surface area contributed by atoms with Gasteiger partial charge in [0.25, 0.3) is 0 Å². The third-order valence-electron chi connectivity index (χ3n) is 1.85. The Morgan fingerprint density at radius 1 is 1.80 bits per heavy atom. The van der Waals surface area contributed by atoms with Crippen molar-refractivity contribution >= 4 is 5.94 Å². The van der Waals surface area contributed by atoms with Crippen LogP contribution in [0.4, 0.5) is 0 Å². The summed E-state index contributed by atoms with van der Waals surface area (Å²) < 4.78 is 0. The molecule has 1 saturated heterocycles. The minimum Gasteiger partial charge on any atom is -0.379 e. The lowest BCUT2D eigenvalue weighted by Crippen LogP contribution is -2.32. The summed E-state index contributed by atoms with van der Waals surface area (Å²) in [6.07, 6.45) is 2.13. The van der Waals surface area contributed by atoms with Gasteiger partial charge in [0.15, 0.2) is 0 Å². The van der Waals surface area contributed by atoms with Gasteiger partial charge < -0.3 is 11.1 Å². The Labute approximate surface area is 60.3 Å². The van der Waals surface area contributed by atoms with E-state index in [2.05, 4.69) is 5.32 Å². The molecule has 1 aliphatic heterocycles. The van der Waals surface area contributed by atoms with E-state index in [9.17, 15) is 4.79 Å². The summed E-state index contributed by atoms with van der Waals surface area (Å²) in [6, 6.07) is 0. The van der Waals surface area contributed by atoms with E-state index in [1.54, 1.807) is 0 Å². The first-order valence-corrected chi connectivity index (χ1v) is 3.57. The smallest absolute Gasteiger partial charge is 0.145 e. The maximum atomic E-state index is 10.2. The zero-order valence-corrected chi connectivity index (χ0v) is 5.89. The molecule has 0 aliphatic carbocycles. The Hall–Kier alpha value is -0.790. The van der Waals surface area contributed by atoms with Crippen LogP contribution in [0.25, 0.3) is 0 Å². The first kappa shape index (κ1) is 7.32. The summed E-state index contributed by atoms with van der Waals surface area (Å²) >= 11 is 0. The van der Waals surface area contributed by atoms with Crippen molar-refractivity contribution in [3.63, 3.8) is 0 Å². The van der Waals surface area contributed by atoms with Crippen molar-refractivity contribution in [2.45, 2.75) is 12.8 Å². The van der Waals surface area contributed by atoms with Crippen LogP contribution < -0.4 is 11.1 Å². The van der Waals surface area contributed by atoms with Crippen molar-refractivity contribution < 1.29 is 4.79 Å². The van der Waals surface area contributed by atoms with Gasteiger partial charge in [-0.2, -0.15) is 0 Å². The topological polar surface area (TPSA) is 55.1 Å². The Kier molecular flexibility index (Phi) is 2.49. The lowest BCUT2D eigenvalue weighted by molar-refractivity contribution is 0.449. The molecule has 0 spiro atoms. The molecule has 0 radical (unpaired) electrons. The first-order valence-electron chi connectivity index (χ1n) is 3.57. The van der Waals surface area contributed by atoms with Crippen LogP contribution in [0.2, 0.25) is 0 Å². The molecule has 0 aromatic heterocycles. The highest BCUT2D eigenvalue weighted by Gasteiger charge is 2.17. The Balaban J connectivity index is 2.59. The first-order chi connectivity index (χ1) is 4.88. The molecule has 1 aliphatic rings. The SMILES string of the molecule is NCC1CCCNC1=C=O. The van der Waals surface area contributed by atoms with E-state index in [1.807, 2.05) is 5.94 Å². The van der Waals surface area contributed by atoms with Gasteiger partial charge in [-0.05, 0) is 12.8 Å². The molecular formula is C7H12N2O. The molecule has 1 rings (SSSR count). The second kappa shape index (κ2) is 3.40. The van der Waals surface area contributed by atoms with Crippen LogP contribution in [0, 0.1) is 5.92 Å². The van der Waals surface area contributed by atoms with E-state index in [0.717, 1.165) is 19.4 Å². The molecule has 3 N–H and O–H groups in total. The molecule has 0 amide bonds. The quantitative estimate of drug-likeness (QED) is 0.490. The zero-order chi connectivity index (χ0) is 7.40. The second-order valence-corrected chi connectivity index (χ2v) is 2.52. The van der Waals surface area contributed by atoms with Gasteiger partial charge in [0.1, 0.15) is 11.6 Å². The summed E-state index contributed by atoms with van der Waals surface area (Å²) in [6.45, 7) is 1.44. The Morgan fingerprint density at radius 3 is 3.10 bits per heavy atom. The number of nitrogens with one attached hydrogen (secondary N) is 1. The van der Waals surface area contributed by atoms with E-state index in [1.165, 1.54) is 0 Å². The molecule has 0 aromatic rings. The molecular weight excluding hydrogens is 128 g/mol. The van der Waals surface area contributed by atoms with Crippen LogP contribution in [0.15, 0.2) is 5.70 Å². The van der Waals surface area contributed by atoms with Crippen molar-refractivity contribution in [1.29, 1.82) is 0 Å². The average molecular weight is 140 g/mol. The van der Waals surface area contributed by atoms with E-state index in [4.69, 9.17) is 5.73 Å². The molecule has 1 fully saturated rings.